The Kier molecular flexibility index (Phi) is 4.33. The van der Waals surface area contributed by atoms with Crippen molar-refractivity contribution >= 4 is 5.91 Å². The van der Waals surface area contributed by atoms with E-state index in [0.29, 0.717) is 6.54 Å². The van der Waals surface area contributed by atoms with Gasteiger partial charge >= 0.3 is 0 Å². The van der Waals surface area contributed by atoms with Gasteiger partial charge in [-0.2, -0.15) is 5.10 Å². The van der Waals surface area contributed by atoms with Gasteiger partial charge in [0.2, 0.25) is 5.91 Å². The Morgan fingerprint density at radius 1 is 1.56 bits per heavy atom. The fraction of sp³-hybridized carbons (Fsp3) is 0.667. The molecule has 2 heterocycles. The van der Waals surface area contributed by atoms with E-state index in [4.69, 9.17) is 0 Å². The Bertz CT molecular complexity index is 397. The molecule has 0 aromatic carbocycles. The molecule has 18 heavy (non-hydrogen) atoms. The van der Waals surface area contributed by atoms with Crippen LogP contribution in [0.15, 0.2) is 12.4 Å². The number of aromatic nitrogens is 2. The lowest BCUT2D eigenvalue weighted by Crippen LogP contribution is -2.52. The van der Waals surface area contributed by atoms with Crippen molar-refractivity contribution in [1.82, 2.24) is 25.3 Å². The summed E-state index contributed by atoms with van der Waals surface area (Å²) in [6, 6.07) is -0.0660. The van der Waals surface area contributed by atoms with E-state index >= 15 is 0 Å². The highest BCUT2D eigenvalue weighted by Crippen LogP contribution is 2.02. The number of hydrogen-bond donors (Lipinski definition) is 2. The van der Waals surface area contributed by atoms with Gasteiger partial charge in [-0.3, -0.25) is 14.4 Å². The van der Waals surface area contributed by atoms with Gasteiger partial charge in [0.1, 0.15) is 0 Å². The molecule has 1 fully saturated rings. The maximum absolute atomic E-state index is 12.0. The second-order valence-electron chi connectivity index (χ2n) is 4.70. The average molecular weight is 251 g/mol. The standard InChI is InChI=1S/C12H21N5O/c1-10(17-5-3-13-4-6-17)12(18)14-7-11-8-15-16(2)9-11/h8-10,13H,3-7H2,1-2H3,(H,14,18). The summed E-state index contributed by atoms with van der Waals surface area (Å²) in [5.74, 6) is 0.0840. The fourth-order valence-electron chi connectivity index (χ4n) is 2.14. The number of carbonyl (C=O) groups excluding carboxylic acids is 1. The molecule has 0 aliphatic carbocycles. The summed E-state index contributed by atoms with van der Waals surface area (Å²) < 4.78 is 1.74. The van der Waals surface area contributed by atoms with Crippen LogP contribution in [-0.2, 0) is 18.4 Å². The van der Waals surface area contributed by atoms with Gasteiger partial charge in [0.25, 0.3) is 0 Å². The van der Waals surface area contributed by atoms with Gasteiger partial charge in [0, 0.05) is 51.5 Å². The number of amides is 1. The van der Waals surface area contributed by atoms with Crippen molar-refractivity contribution < 1.29 is 4.79 Å². The highest BCUT2D eigenvalue weighted by atomic mass is 16.2. The summed E-state index contributed by atoms with van der Waals surface area (Å²) in [4.78, 5) is 14.2. The number of rotatable bonds is 4. The third-order valence-electron chi connectivity index (χ3n) is 3.30. The van der Waals surface area contributed by atoms with Crippen LogP contribution in [-0.4, -0.2) is 52.8 Å². The Morgan fingerprint density at radius 3 is 2.89 bits per heavy atom. The maximum atomic E-state index is 12.0. The quantitative estimate of drug-likeness (QED) is 0.745. The average Bonchev–Trinajstić information content (AvgIpc) is 2.82. The lowest BCUT2D eigenvalue weighted by molar-refractivity contribution is -0.126. The molecule has 1 aromatic rings. The Morgan fingerprint density at radius 2 is 2.28 bits per heavy atom. The molecule has 6 heteroatoms. The van der Waals surface area contributed by atoms with Gasteiger partial charge in [-0.25, -0.2) is 0 Å². The topological polar surface area (TPSA) is 62.2 Å². The minimum Gasteiger partial charge on any atom is -0.351 e. The van der Waals surface area contributed by atoms with E-state index in [1.807, 2.05) is 20.2 Å². The van der Waals surface area contributed by atoms with Crippen LogP contribution in [0.4, 0.5) is 0 Å². The highest BCUT2D eigenvalue weighted by molar-refractivity contribution is 5.81. The maximum Gasteiger partial charge on any atom is 0.237 e. The zero-order chi connectivity index (χ0) is 13.0. The normalized spacial score (nSPS) is 18.6. The van der Waals surface area contributed by atoms with Gasteiger partial charge in [0.05, 0.1) is 12.2 Å². The first-order chi connectivity index (χ1) is 8.66. The van der Waals surface area contributed by atoms with Gasteiger partial charge in [-0.05, 0) is 6.92 Å². The molecule has 0 radical (unpaired) electrons. The van der Waals surface area contributed by atoms with Crippen molar-refractivity contribution in [2.75, 3.05) is 26.2 Å². The summed E-state index contributed by atoms with van der Waals surface area (Å²) in [6.07, 6.45) is 3.69. The van der Waals surface area contributed by atoms with E-state index < -0.39 is 0 Å². The minimum absolute atomic E-state index is 0.0660. The highest BCUT2D eigenvalue weighted by Gasteiger charge is 2.22. The first-order valence-electron chi connectivity index (χ1n) is 6.37. The summed E-state index contributed by atoms with van der Waals surface area (Å²) in [5.41, 5.74) is 1.03. The Labute approximate surface area is 107 Å². The van der Waals surface area contributed by atoms with Crippen molar-refractivity contribution in [2.24, 2.45) is 7.05 Å². The first-order valence-corrected chi connectivity index (χ1v) is 6.37. The molecule has 1 aliphatic heterocycles. The van der Waals surface area contributed by atoms with Crippen molar-refractivity contribution in [3.8, 4) is 0 Å². The molecule has 0 saturated carbocycles. The monoisotopic (exact) mass is 251 g/mol. The number of piperazine rings is 1. The van der Waals surface area contributed by atoms with Gasteiger partial charge in [-0.15, -0.1) is 0 Å². The minimum atomic E-state index is -0.0660. The molecule has 0 spiro atoms. The largest absolute Gasteiger partial charge is 0.351 e. The van der Waals surface area contributed by atoms with E-state index in [-0.39, 0.29) is 11.9 Å². The Hall–Kier alpha value is -1.40. The third kappa shape index (κ3) is 3.30. The smallest absolute Gasteiger partial charge is 0.237 e. The SMILES string of the molecule is CC(C(=O)NCc1cnn(C)c1)N1CCNCC1. The molecule has 6 nitrogen and oxygen atoms in total. The van der Waals surface area contributed by atoms with Crippen LogP contribution in [0.3, 0.4) is 0 Å². The van der Waals surface area contributed by atoms with Crippen molar-refractivity contribution in [2.45, 2.75) is 19.5 Å². The van der Waals surface area contributed by atoms with Crippen LogP contribution in [0.25, 0.3) is 0 Å². The zero-order valence-corrected chi connectivity index (χ0v) is 11.0. The predicted molar refractivity (Wildman–Crippen MR) is 69.0 cm³/mol. The van der Waals surface area contributed by atoms with E-state index in [1.165, 1.54) is 0 Å². The Balaban J connectivity index is 1.79. The number of aryl methyl sites for hydroxylation is 1. The molecular weight excluding hydrogens is 230 g/mol. The lowest BCUT2D eigenvalue weighted by atomic mass is 10.2. The second-order valence-corrected chi connectivity index (χ2v) is 4.70. The zero-order valence-electron chi connectivity index (χ0n) is 11.0. The summed E-state index contributed by atoms with van der Waals surface area (Å²) >= 11 is 0. The number of nitrogens with zero attached hydrogens (tertiary/aromatic N) is 3. The van der Waals surface area contributed by atoms with Crippen LogP contribution in [0, 0.1) is 0 Å². The first kappa shape index (κ1) is 13.0. The van der Waals surface area contributed by atoms with Crippen molar-refractivity contribution in [3.05, 3.63) is 18.0 Å². The molecule has 2 N–H and O–H groups in total. The van der Waals surface area contributed by atoms with Crippen molar-refractivity contribution in [1.29, 1.82) is 0 Å². The van der Waals surface area contributed by atoms with E-state index in [1.54, 1.807) is 10.9 Å². The molecule has 1 saturated heterocycles. The van der Waals surface area contributed by atoms with E-state index in [9.17, 15) is 4.79 Å². The van der Waals surface area contributed by atoms with Crippen LogP contribution in [0.2, 0.25) is 0 Å². The van der Waals surface area contributed by atoms with Crippen LogP contribution in [0.5, 0.6) is 0 Å². The molecule has 100 valence electrons. The summed E-state index contributed by atoms with van der Waals surface area (Å²) in [7, 11) is 1.87. The molecular formula is C12H21N5O. The summed E-state index contributed by atoms with van der Waals surface area (Å²) in [5, 5.41) is 10.3. The molecule has 1 unspecified atom stereocenters. The molecule has 1 amide bonds. The molecule has 1 aliphatic rings. The molecule has 0 bridgehead atoms. The van der Waals surface area contributed by atoms with Gasteiger partial charge < -0.3 is 10.6 Å². The molecule has 2 rings (SSSR count). The number of nitrogens with one attached hydrogen (secondary N) is 2. The van der Waals surface area contributed by atoms with E-state index in [2.05, 4.69) is 20.6 Å². The second kappa shape index (κ2) is 5.97. The number of carbonyl (C=O) groups is 1. The number of hydrogen-bond acceptors (Lipinski definition) is 4. The van der Waals surface area contributed by atoms with Crippen LogP contribution < -0.4 is 10.6 Å². The van der Waals surface area contributed by atoms with Gasteiger partial charge in [-0.1, -0.05) is 0 Å². The van der Waals surface area contributed by atoms with Crippen LogP contribution in [0.1, 0.15) is 12.5 Å². The van der Waals surface area contributed by atoms with Gasteiger partial charge in [0.15, 0.2) is 0 Å². The molecule has 1 atom stereocenters. The van der Waals surface area contributed by atoms with Crippen molar-refractivity contribution in [3.63, 3.8) is 0 Å². The molecule has 1 aromatic heterocycles. The van der Waals surface area contributed by atoms with Crippen LogP contribution >= 0.6 is 0 Å². The lowest BCUT2D eigenvalue weighted by Gasteiger charge is -2.31. The van der Waals surface area contributed by atoms with E-state index in [0.717, 1.165) is 31.7 Å². The third-order valence-corrected chi connectivity index (χ3v) is 3.30. The fourth-order valence-corrected chi connectivity index (χ4v) is 2.14. The predicted octanol–water partition coefficient (Wildman–Crippen LogP) is -0.670. The summed E-state index contributed by atoms with van der Waals surface area (Å²) in [6.45, 7) is 6.29.